The Hall–Kier alpha value is -1.93. The molecule has 0 bridgehead atoms. The zero-order valence-electron chi connectivity index (χ0n) is 14.6. The van der Waals surface area contributed by atoms with Crippen LogP contribution in [0.4, 0.5) is 5.69 Å². The second-order valence-electron chi connectivity index (χ2n) is 6.45. The number of benzene rings is 1. The zero-order valence-corrected chi connectivity index (χ0v) is 15.4. The lowest BCUT2D eigenvalue weighted by Crippen LogP contribution is -2.50. The fourth-order valence-electron chi connectivity index (χ4n) is 3.31. The largest absolute Gasteiger partial charge is 0.340 e. The Morgan fingerprint density at radius 3 is 2.48 bits per heavy atom. The summed E-state index contributed by atoms with van der Waals surface area (Å²) in [5.41, 5.74) is 1.50. The van der Waals surface area contributed by atoms with Crippen LogP contribution in [-0.4, -0.2) is 62.7 Å². The topological polar surface area (TPSA) is 78.0 Å². The molecule has 1 saturated heterocycles. The number of fused-ring (bicyclic) bond motifs is 1. The lowest BCUT2D eigenvalue weighted by atomic mass is 10.2. The van der Waals surface area contributed by atoms with Gasteiger partial charge in [0.15, 0.2) is 0 Å². The van der Waals surface area contributed by atoms with Crippen LogP contribution in [0, 0.1) is 0 Å². The fraction of sp³-hybridized carbons (Fsp3) is 0.529. The Morgan fingerprint density at radius 2 is 1.84 bits per heavy atom. The monoisotopic (exact) mass is 365 g/mol. The average Bonchev–Trinajstić information content (AvgIpc) is 2.89. The quantitative estimate of drug-likeness (QED) is 0.792. The number of rotatable bonds is 4. The van der Waals surface area contributed by atoms with Crippen molar-refractivity contribution >= 4 is 27.5 Å². The number of carbonyl (C=O) groups is 2. The zero-order chi connectivity index (χ0) is 18.2. The second kappa shape index (κ2) is 6.76. The van der Waals surface area contributed by atoms with Gasteiger partial charge < -0.3 is 9.80 Å². The van der Waals surface area contributed by atoms with Gasteiger partial charge in [0.05, 0.1) is 11.3 Å². The molecule has 0 radical (unpaired) electrons. The summed E-state index contributed by atoms with van der Waals surface area (Å²) < 4.78 is 27.2. The normalized spacial score (nSPS) is 18.6. The van der Waals surface area contributed by atoms with E-state index in [1.165, 1.54) is 4.31 Å². The van der Waals surface area contributed by atoms with E-state index in [0.29, 0.717) is 32.6 Å². The summed E-state index contributed by atoms with van der Waals surface area (Å²) in [5.74, 6) is 0.0474. The Morgan fingerprint density at radius 1 is 1.16 bits per heavy atom. The van der Waals surface area contributed by atoms with Crippen molar-refractivity contribution in [3.05, 3.63) is 23.8 Å². The molecular weight excluding hydrogens is 342 g/mol. The molecule has 0 aliphatic carbocycles. The number of piperazine rings is 1. The molecule has 2 aliphatic heterocycles. The summed E-state index contributed by atoms with van der Waals surface area (Å²) in [6, 6.07) is 4.84. The van der Waals surface area contributed by atoms with Crippen molar-refractivity contribution in [2.45, 2.75) is 31.1 Å². The smallest absolute Gasteiger partial charge is 0.243 e. The van der Waals surface area contributed by atoms with E-state index in [4.69, 9.17) is 0 Å². The van der Waals surface area contributed by atoms with E-state index in [1.54, 1.807) is 35.0 Å². The minimum atomic E-state index is -3.61. The molecule has 0 spiro atoms. The van der Waals surface area contributed by atoms with Gasteiger partial charge in [0.25, 0.3) is 0 Å². The van der Waals surface area contributed by atoms with Crippen molar-refractivity contribution in [2.75, 3.05) is 38.1 Å². The summed E-state index contributed by atoms with van der Waals surface area (Å²) in [6.07, 6.45) is 1.52. The molecule has 0 aromatic heterocycles. The summed E-state index contributed by atoms with van der Waals surface area (Å²) in [4.78, 5) is 27.2. The molecule has 1 aromatic carbocycles. The van der Waals surface area contributed by atoms with E-state index >= 15 is 0 Å². The van der Waals surface area contributed by atoms with Crippen LogP contribution in [0.25, 0.3) is 0 Å². The van der Waals surface area contributed by atoms with E-state index in [-0.39, 0.29) is 23.1 Å². The molecule has 3 rings (SSSR count). The number of amides is 2. The molecule has 8 heteroatoms. The number of sulfonamides is 1. The summed E-state index contributed by atoms with van der Waals surface area (Å²) in [7, 11) is -1.93. The van der Waals surface area contributed by atoms with Crippen molar-refractivity contribution in [3.8, 4) is 0 Å². The molecule has 2 aliphatic rings. The number of nitrogens with zero attached hydrogens (tertiary/aromatic N) is 3. The predicted octanol–water partition coefficient (Wildman–Crippen LogP) is 0.839. The number of anilines is 1. The first-order chi connectivity index (χ1) is 11.8. The molecule has 7 nitrogen and oxygen atoms in total. The molecule has 2 heterocycles. The first kappa shape index (κ1) is 17.9. The van der Waals surface area contributed by atoms with Crippen LogP contribution in [0.1, 0.15) is 25.3 Å². The van der Waals surface area contributed by atoms with E-state index in [1.807, 2.05) is 6.92 Å². The third-order valence-electron chi connectivity index (χ3n) is 4.82. The van der Waals surface area contributed by atoms with Gasteiger partial charge in [-0.25, -0.2) is 8.42 Å². The molecule has 25 heavy (non-hydrogen) atoms. The van der Waals surface area contributed by atoms with Crippen molar-refractivity contribution < 1.29 is 18.0 Å². The summed E-state index contributed by atoms with van der Waals surface area (Å²) in [6.45, 7) is 3.39. The van der Waals surface area contributed by atoms with Crippen LogP contribution in [0.3, 0.4) is 0 Å². The highest BCUT2D eigenvalue weighted by atomic mass is 32.2. The summed E-state index contributed by atoms with van der Waals surface area (Å²) in [5, 5.41) is 0. The van der Waals surface area contributed by atoms with Crippen molar-refractivity contribution in [3.63, 3.8) is 0 Å². The van der Waals surface area contributed by atoms with E-state index in [9.17, 15) is 18.0 Å². The van der Waals surface area contributed by atoms with Crippen LogP contribution < -0.4 is 4.90 Å². The van der Waals surface area contributed by atoms with Gasteiger partial charge in [-0.05, 0) is 30.2 Å². The number of likely N-dealkylation sites (N-methyl/N-ethyl adjacent to an activating group) is 1. The highest BCUT2D eigenvalue weighted by Gasteiger charge is 2.32. The van der Waals surface area contributed by atoms with Gasteiger partial charge in [-0.2, -0.15) is 4.31 Å². The van der Waals surface area contributed by atoms with E-state index in [2.05, 4.69) is 0 Å². The molecule has 1 fully saturated rings. The average molecular weight is 365 g/mol. The van der Waals surface area contributed by atoms with Crippen molar-refractivity contribution in [2.24, 2.45) is 0 Å². The molecule has 136 valence electrons. The molecule has 2 amide bonds. The van der Waals surface area contributed by atoms with Gasteiger partial charge >= 0.3 is 0 Å². The minimum Gasteiger partial charge on any atom is -0.340 e. The Balaban J connectivity index is 1.74. The standard InChI is InChI=1S/C17H23N3O4S/c1-3-4-16(21)19-7-9-20(10-8-19)25(23,24)14-5-6-15-13(11-14)12-17(22)18(15)2/h5-6,11H,3-4,7-10,12H2,1-2H3. The molecule has 1 aromatic rings. The minimum absolute atomic E-state index is 0.0346. The number of hydrogen-bond donors (Lipinski definition) is 0. The molecule has 0 N–H and O–H groups in total. The Kier molecular flexibility index (Phi) is 4.83. The first-order valence-electron chi connectivity index (χ1n) is 8.52. The molecular formula is C17H23N3O4S. The van der Waals surface area contributed by atoms with Crippen LogP contribution >= 0.6 is 0 Å². The number of hydrogen-bond acceptors (Lipinski definition) is 4. The van der Waals surface area contributed by atoms with Gasteiger partial charge in [0, 0.05) is 45.3 Å². The fourth-order valence-corrected chi connectivity index (χ4v) is 4.78. The second-order valence-corrected chi connectivity index (χ2v) is 8.39. The van der Waals surface area contributed by atoms with Gasteiger partial charge in [-0.3, -0.25) is 9.59 Å². The lowest BCUT2D eigenvalue weighted by Gasteiger charge is -2.34. The third-order valence-corrected chi connectivity index (χ3v) is 6.72. The molecule has 0 unspecified atom stereocenters. The van der Waals surface area contributed by atoms with Crippen molar-refractivity contribution in [1.29, 1.82) is 0 Å². The van der Waals surface area contributed by atoms with E-state index < -0.39 is 10.0 Å². The van der Waals surface area contributed by atoms with Crippen LogP contribution in [0.2, 0.25) is 0 Å². The third kappa shape index (κ3) is 3.28. The van der Waals surface area contributed by atoms with Crippen molar-refractivity contribution in [1.82, 2.24) is 9.21 Å². The lowest BCUT2D eigenvalue weighted by molar-refractivity contribution is -0.132. The highest BCUT2D eigenvalue weighted by molar-refractivity contribution is 7.89. The Bertz CT molecular complexity index is 798. The Labute approximate surface area is 148 Å². The van der Waals surface area contributed by atoms with Crippen LogP contribution in [-0.2, 0) is 26.0 Å². The van der Waals surface area contributed by atoms with E-state index in [0.717, 1.165) is 17.7 Å². The number of carbonyl (C=O) groups excluding carboxylic acids is 2. The van der Waals surface area contributed by atoms with Gasteiger partial charge in [-0.15, -0.1) is 0 Å². The SMILES string of the molecule is CCCC(=O)N1CCN(S(=O)(=O)c2ccc3c(c2)CC(=O)N3C)CC1. The maximum Gasteiger partial charge on any atom is 0.243 e. The molecule has 0 atom stereocenters. The molecule has 0 saturated carbocycles. The maximum absolute atomic E-state index is 12.9. The maximum atomic E-state index is 12.9. The predicted molar refractivity (Wildman–Crippen MR) is 93.8 cm³/mol. The van der Waals surface area contributed by atoms with Crippen LogP contribution in [0.15, 0.2) is 23.1 Å². The first-order valence-corrected chi connectivity index (χ1v) is 9.96. The van der Waals surface area contributed by atoms with Gasteiger partial charge in [0.2, 0.25) is 21.8 Å². The highest BCUT2D eigenvalue weighted by Crippen LogP contribution is 2.30. The van der Waals surface area contributed by atoms with Gasteiger partial charge in [0.1, 0.15) is 0 Å². The van der Waals surface area contributed by atoms with Gasteiger partial charge in [-0.1, -0.05) is 6.92 Å². The van der Waals surface area contributed by atoms with Crippen LogP contribution in [0.5, 0.6) is 0 Å². The summed E-state index contributed by atoms with van der Waals surface area (Å²) >= 11 is 0.